The first-order chi connectivity index (χ1) is 11.6. The maximum Gasteiger partial charge on any atom is 0.232 e. The van der Waals surface area contributed by atoms with Crippen molar-refractivity contribution >= 4 is 11.9 Å². The average Bonchev–Trinajstić information content (AvgIpc) is 2.57. The zero-order valence-electron chi connectivity index (χ0n) is 14.1. The molecule has 0 aliphatic carbocycles. The molecule has 1 atom stereocenters. The lowest BCUT2D eigenvalue weighted by atomic mass is 10.2. The van der Waals surface area contributed by atoms with Crippen molar-refractivity contribution in [3.05, 3.63) is 41.0 Å². The molecule has 1 unspecified atom stereocenters. The van der Waals surface area contributed by atoms with Gasteiger partial charge in [-0.1, -0.05) is 5.16 Å². The van der Waals surface area contributed by atoms with Crippen LogP contribution in [0.1, 0.15) is 17.0 Å². The highest BCUT2D eigenvalue weighted by Crippen LogP contribution is 2.15. The Hall–Kier alpha value is -2.92. The van der Waals surface area contributed by atoms with Crippen LogP contribution in [0.3, 0.4) is 0 Å². The highest BCUT2D eigenvalue weighted by Gasteiger charge is 2.23. The maximum atomic E-state index is 9.30. The summed E-state index contributed by atoms with van der Waals surface area (Å²) in [6.07, 6.45) is 2.69. The van der Waals surface area contributed by atoms with Crippen LogP contribution < -0.4 is 0 Å². The van der Waals surface area contributed by atoms with Crippen molar-refractivity contribution < 1.29 is 14.3 Å². The molecule has 24 heavy (non-hydrogen) atoms. The second kappa shape index (κ2) is 8.08. The van der Waals surface area contributed by atoms with Crippen LogP contribution in [-0.4, -0.2) is 49.1 Å². The van der Waals surface area contributed by atoms with Crippen LogP contribution in [0, 0.1) is 25.2 Å². The van der Waals surface area contributed by atoms with Crippen LogP contribution in [0.4, 0.5) is 0 Å². The quantitative estimate of drug-likeness (QED) is 0.582. The summed E-state index contributed by atoms with van der Waals surface area (Å²) in [7, 11) is 3.06. The molecule has 0 saturated heterocycles. The second-order valence-corrected chi connectivity index (χ2v) is 5.02. The Bertz CT molecular complexity index is 701. The Morgan fingerprint density at radius 3 is 2.79 bits per heavy atom. The van der Waals surface area contributed by atoms with Gasteiger partial charge in [0.15, 0.2) is 12.6 Å². The summed E-state index contributed by atoms with van der Waals surface area (Å²) in [6.45, 7) is 3.79. The Morgan fingerprint density at radius 1 is 1.38 bits per heavy atom. The molecular weight excluding hydrogens is 310 g/mol. The number of pyridine rings is 1. The highest BCUT2D eigenvalue weighted by atomic mass is 16.6. The van der Waals surface area contributed by atoms with Crippen molar-refractivity contribution in [2.45, 2.75) is 20.2 Å². The van der Waals surface area contributed by atoms with Crippen LogP contribution in [0.2, 0.25) is 0 Å². The predicted molar refractivity (Wildman–Crippen MR) is 88.0 cm³/mol. The fraction of sp³-hybridized carbons (Fsp3) is 0.375. The van der Waals surface area contributed by atoms with Gasteiger partial charge in [-0.3, -0.25) is 9.88 Å². The molecule has 126 valence electrons. The molecule has 0 fully saturated rings. The van der Waals surface area contributed by atoms with E-state index in [1.807, 2.05) is 26.0 Å². The molecule has 2 heterocycles. The molecule has 1 aliphatic heterocycles. The summed E-state index contributed by atoms with van der Waals surface area (Å²) < 4.78 is 10.5. The molecule has 0 N–H and O–H groups in total. The van der Waals surface area contributed by atoms with Gasteiger partial charge >= 0.3 is 0 Å². The molecule has 0 bridgehead atoms. The minimum atomic E-state index is -0.579. The molecule has 0 spiro atoms. The first-order valence-electron chi connectivity index (χ1n) is 7.21. The fourth-order valence-corrected chi connectivity index (χ4v) is 2.21. The minimum Gasteiger partial charge on any atom is -0.482 e. The molecule has 0 amide bonds. The van der Waals surface area contributed by atoms with E-state index >= 15 is 0 Å². The lowest BCUT2D eigenvalue weighted by molar-refractivity contribution is -0.0930. The summed E-state index contributed by atoms with van der Waals surface area (Å²) in [5, 5.41) is 13.2. The first kappa shape index (κ1) is 17.4. The van der Waals surface area contributed by atoms with E-state index in [1.165, 1.54) is 14.2 Å². The SMILES string of the molecule is COC1=CC=NC(OC)N1CON=C(C#N)c1cc(C)cc(C)n1. The Balaban J connectivity index is 2.12. The predicted octanol–water partition coefficient (Wildman–Crippen LogP) is 1.70. The Kier molecular flexibility index (Phi) is 5.87. The Morgan fingerprint density at radius 2 is 2.17 bits per heavy atom. The van der Waals surface area contributed by atoms with Crippen molar-refractivity contribution in [3.63, 3.8) is 0 Å². The molecule has 1 aliphatic rings. The van der Waals surface area contributed by atoms with Gasteiger partial charge in [-0.05, 0) is 31.5 Å². The van der Waals surface area contributed by atoms with E-state index in [2.05, 4.69) is 15.1 Å². The standard InChI is InChI=1S/C16H19N5O3/c1-11-7-12(2)19-13(8-11)14(9-17)20-24-10-21-15(22-3)5-6-18-16(21)23-4/h5-8,16H,10H2,1-4H3. The van der Waals surface area contributed by atoms with Crippen molar-refractivity contribution in [1.29, 1.82) is 5.26 Å². The van der Waals surface area contributed by atoms with E-state index in [0.29, 0.717) is 11.6 Å². The molecule has 1 aromatic heterocycles. The van der Waals surface area contributed by atoms with Gasteiger partial charge in [0.25, 0.3) is 0 Å². The van der Waals surface area contributed by atoms with Crippen molar-refractivity contribution in [1.82, 2.24) is 9.88 Å². The first-order valence-corrected chi connectivity index (χ1v) is 7.21. The zero-order valence-corrected chi connectivity index (χ0v) is 14.1. The van der Waals surface area contributed by atoms with Crippen LogP contribution in [-0.2, 0) is 14.3 Å². The molecular formula is C16H19N5O3. The number of aryl methyl sites for hydroxylation is 2. The smallest absolute Gasteiger partial charge is 0.232 e. The summed E-state index contributed by atoms with van der Waals surface area (Å²) in [4.78, 5) is 15.4. The van der Waals surface area contributed by atoms with Gasteiger partial charge in [0, 0.05) is 25.1 Å². The number of hydrogen-bond donors (Lipinski definition) is 0. The summed E-state index contributed by atoms with van der Waals surface area (Å²) in [6, 6.07) is 5.70. The monoisotopic (exact) mass is 329 g/mol. The van der Waals surface area contributed by atoms with Crippen molar-refractivity contribution in [3.8, 4) is 6.07 Å². The summed E-state index contributed by atoms with van der Waals surface area (Å²) in [5.74, 6) is 0.523. The van der Waals surface area contributed by atoms with Gasteiger partial charge in [0.05, 0.1) is 7.11 Å². The number of aliphatic imine (C=N–C) groups is 1. The number of nitriles is 1. The second-order valence-electron chi connectivity index (χ2n) is 5.02. The van der Waals surface area contributed by atoms with Gasteiger partial charge in [-0.15, -0.1) is 0 Å². The van der Waals surface area contributed by atoms with Gasteiger partial charge in [-0.2, -0.15) is 5.26 Å². The molecule has 2 rings (SSSR count). The van der Waals surface area contributed by atoms with E-state index in [0.717, 1.165) is 11.3 Å². The van der Waals surface area contributed by atoms with Gasteiger partial charge in [-0.25, -0.2) is 4.99 Å². The number of nitrogens with zero attached hydrogens (tertiary/aromatic N) is 5. The lowest BCUT2D eigenvalue weighted by Crippen LogP contribution is -2.38. The number of allylic oxidation sites excluding steroid dienone is 1. The van der Waals surface area contributed by atoms with Crippen LogP contribution >= 0.6 is 0 Å². The highest BCUT2D eigenvalue weighted by molar-refractivity contribution is 6.10. The van der Waals surface area contributed by atoms with Crippen LogP contribution in [0.5, 0.6) is 0 Å². The third kappa shape index (κ3) is 4.08. The van der Waals surface area contributed by atoms with Gasteiger partial charge in [0.2, 0.25) is 12.1 Å². The fourth-order valence-electron chi connectivity index (χ4n) is 2.21. The average molecular weight is 329 g/mol. The van der Waals surface area contributed by atoms with Crippen molar-refractivity contribution in [2.24, 2.45) is 10.1 Å². The zero-order chi connectivity index (χ0) is 17.5. The number of aromatic nitrogens is 1. The normalized spacial score (nSPS) is 17.3. The molecule has 0 radical (unpaired) electrons. The van der Waals surface area contributed by atoms with Crippen molar-refractivity contribution in [2.75, 3.05) is 21.0 Å². The number of oxime groups is 1. The third-order valence-corrected chi connectivity index (χ3v) is 3.20. The van der Waals surface area contributed by atoms with Crippen LogP contribution in [0.15, 0.2) is 34.2 Å². The maximum absolute atomic E-state index is 9.30. The Labute approximate surface area is 140 Å². The number of hydrogen-bond acceptors (Lipinski definition) is 8. The molecule has 1 aromatic rings. The van der Waals surface area contributed by atoms with Gasteiger partial charge < -0.3 is 14.3 Å². The number of rotatable bonds is 6. The van der Waals surface area contributed by atoms with Gasteiger partial charge in [0.1, 0.15) is 11.8 Å². The minimum absolute atomic E-state index is 0.00545. The van der Waals surface area contributed by atoms with E-state index in [1.54, 1.807) is 23.3 Å². The van der Waals surface area contributed by atoms with Crippen LogP contribution in [0.25, 0.3) is 0 Å². The van der Waals surface area contributed by atoms with E-state index < -0.39 is 6.35 Å². The topological polar surface area (TPSA) is 92.3 Å². The number of methoxy groups -OCH3 is 2. The molecule has 0 saturated carbocycles. The summed E-state index contributed by atoms with van der Waals surface area (Å²) in [5.41, 5.74) is 2.37. The molecule has 8 heteroatoms. The molecule has 8 nitrogen and oxygen atoms in total. The molecule has 0 aromatic carbocycles. The van der Waals surface area contributed by atoms with E-state index in [-0.39, 0.29) is 12.4 Å². The van der Waals surface area contributed by atoms with E-state index in [4.69, 9.17) is 14.3 Å². The lowest BCUT2D eigenvalue weighted by Gasteiger charge is -2.30. The third-order valence-electron chi connectivity index (χ3n) is 3.20. The van der Waals surface area contributed by atoms with E-state index in [9.17, 15) is 5.26 Å². The number of ether oxygens (including phenoxy) is 2. The largest absolute Gasteiger partial charge is 0.482 e. The summed E-state index contributed by atoms with van der Waals surface area (Å²) >= 11 is 0.